The van der Waals surface area contributed by atoms with Crippen LogP contribution in [0.25, 0.3) is 5.65 Å². The Labute approximate surface area is 115 Å². The van der Waals surface area contributed by atoms with Crippen molar-refractivity contribution >= 4 is 27.4 Å². The van der Waals surface area contributed by atoms with Crippen molar-refractivity contribution in [1.82, 2.24) is 14.4 Å². The first-order valence-corrected chi connectivity index (χ1v) is 7.27. The molecule has 0 saturated heterocycles. The highest BCUT2D eigenvalue weighted by atomic mass is 79.9. The predicted octanol–water partition coefficient (Wildman–Crippen LogP) is 3.48. The van der Waals surface area contributed by atoms with Gasteiger partial charge in [0.05, 0.1) is 0 Å². The number of hydrogen-bond acceptors (Lipinski definition) is 3. The van der Waals surface area contributed by atoms with E-state index < -0.39 is 0 Å². The predicted molar refractivity (Wildman–Crippen MR) is 75.7 cm³/mol. The van der Waals surface area contributed by atoms with Crippen molar-refractivity contribution in [2.75, 3.05) is 5.32 Å². The van der Waals surface area contributed by atoms with Crippen LogP contribution in [-0.4, -0.2) is 20.4 Å². The minimum absolute atomic E-state index is 0.531. The Bertz CT molecular complexity index is 543. The third-order valence-corrected chi connectivity index (χ3v) is 4.08. The lowest BCUT2D eigenvalue weighted by atomic mass is 9.87. The molecule has 1 aliphatic carbocycles. The fourth-order valence-electron chi connectivity index (χ4n) is 2.60. The Kier molecular flexibility index (Phi) is 3.24. The zero-order valence-electron chi connectivity index (χ0n) is 10.4. The molecule has 3 rings (SSSR count). The van der Waals surface area contributed by atoms with Crippen molar-refractivity contribution in [3.63, 3.8) is 0 Å². The van der Waals surface area contributed by atoms with E-state index in [4.69, 9.17) is 0 Å². The largest absolute Gasteiger partial charge is 0.364 e. The maximum Gasteiger partial charge on any atom is 0.180 e. The number of aromatic nitrogens is 3. The Hall–Kier alpha value is -1.10. The fourth-order valence-corrected chi connectivity index (χ4v) is 2.99. The standard InChI is InChI=1S/C13H17BrN4/c1-9-2-4-10(5-3-9)16-12-13-15-6-7-18(13)8-11(14)17-12/h6-10H,2-5H2,1H3,(H,16,17). The molecule has 0 atom stereocenters. The molecule has 4 nitrogen and oxygen atoms in total. The molecule has 1 fully saturated rings. The van der Waals surface area contributed by atoms with Crippen molar-refractivity contribution in [1.29, 1.82) is 0 Å². The summed E-state index contributed by atoms with van der Waals surface area (Å²) >= 11 is 3.44. The van der Waals surface area contributed by atoms with Crippen LogP contribution in [0.1, 0.15) is 32.6 Å². The molecule has 0 aromatic carbocycles. The van der Waals surface area contributed by atoms with E-state index in [1.54, 1.807) is 6.20 Å². The van der Waals surface area contributed by atoms with E-state index in [9.17, 15) is 0 Å². The van der Waals surface area contributed by atoms with Gasteiger partial charge in [-0.25, -0.2) is 9.97 Å². The Morgan fingerprint density at radius 2 is 2.11 bits per heavy atom. The van der Waals surface area contributed by atoms with Crippen LogP contribution in [0.5, 0.6) is 0 Å². The lowest BCUT2D eigenvalue weighted by Gasteiger charge is -2.27. The molecule has 2 aromatic rings. The quantitative estimate of drug-likeness (QED) is 0.923. The highest BCUT2D eigenvalue weighted by molar-refractivity contribution is 9.10. The Morgan fingerprint density at radius 3 is 2.89 bits per heavy atom. The van der Waals surface area contributed by atoms with Gasteiger partial charge in [0.1, 0.15) is 4.60 Å². The van der Waals surface area contributed by atoms with Crippen molar-refractivity contribution in [2.45, 2.75) is 38.6 Å². The molecule has 0 amide bonds. The summed E-state index contributed by atoms with van der Waals surface area (Å²) < 4.78 is 2.82. The van der Waals surface area contributed by atoms with Gasteiger partial charge in [0.25, 0.3) is 0 Å². The van der Waals surface area contributed by atoms with Gasteiger partial charge >= 0.3 is 0 Å². The van der Waals surface area contributed by atoms with Gasteiger partial charge in [-0.15, -0.1) is 0 Å². The van der Waals surface area contributed by atoms with Crippen LogP contribution in [0.4, 0.5) is 5.82 Å². The molecule has 0 aliphatic heterocycles. The summed E-state index contributed by atoms with van der Waals surface area (Å²) in [5.41, 5.74) is 0.900. The van der Waals surface area contributed by atoms with Crippen LogP contribution >= 0.6 is 15.9 Å². The molecule has 0 radical (unpaired) electrons. The van der Waals surface area contributed by atoms with Gasteiger partial charge in [-0.2, -0.15) is 0 Å². The summed E-state index contributed by atoms with van der Waals surface area (Å²) in [6.07, 6.45) is 10.7. The summed E-state index contributed by atoms with van der Waals surface area (Å²) in [4.78, 5) is 8.87. The highest BCUT2D eigenvalue weighted by Crippen LogP contribution is 2.27. The minimum atomic E-state index is 0.531. The number of nitrogens with one attached hydrogen (secondary N) is 1. The second kappa shape index (κ2) is 4.88. The molecule has 1 N–H and O–H groups in total. The van der Waals surface area contributed by atoms with Gasteiger partial charge in [0.2, 0.25) is 0 Å². The first-order chi connectivity index (χ1) is 8.72. The fraction of sp³-hybridized carbons (Fsp3) is 0.538. The van der Waals surface area contributed by atoms with E-state index in [2.05, 4.69) is 38.1 Å². The maximum atomic E-state index is 4.51. The first kappa shape index (κ1) is 12.0. The van der Waals surface area contributed by atoms with Gasteiger partial charge in [0, 0.05) is 24.6 Å². The third-order valence-electron chi connectivity index (χ3n) is 3.70. The number of nitrogens with zero attached hydrogens (tertiary/aromatic N) is 3. The molecule has 0 unspecified atom stereocenters. The molecule has 0 bridgehead atoms. The molecule has 18 heavy (non-hydrogen) atoms. The monoisotopic (exact) mass is 308 g/mol. The summed E-state index contributed by atoms with van der Waals surface area (Å²) in [6, 6.07) is 0.531. The molecule has 2 aromatic heterocycles. The van der Waals surface area contributed by atoms with Crippen molar-refractivity contribution < 1.29 is 0 Å². The summed E-state index contributed by atoms with van der Waals surface area (Å²) in [6.45, 7) is 2.33. The van der Waals surface area contributed by atoms with Crippen LogP contribution < -0.4 is 5.32 Å². The molecular weight excluding hydrogens is 292 g/mol. The maximum absolute atomic E-state index is 4.51. The molecule has 1 saturated carbocycles. The minimum Gasteiger partial charge on any atom is -0.364 e. The molecule has 2 heterocycles. The lowest BCUT2D eigenvalue weighted by molar-refractivity contribution is 0.361. The van der Waals surface area contributed by atoms with E-state index in [0.717, 1.165) is 22.0 Å². The van der Waals surface area contributed by atoms with Crippen LogP contribution in [0, 0.1) is 5.92 Å². The van der Waals surface area contributed by atoms with E-state index in [0.29, 0.717) is 6.04 Å². The number of hydrogen-bond donors (Lipinski definition) is 1. The van der Waals surface area contributed by atoms with Gasteiger partial charge in [-0.3, -0.25) is 0 Å². The summed E-state index contributed by atoms with van der Waals surface area (Å²) in [7, 11) is 0. The van der Waals surface area contributed by atoms with Crippen LogP contribution in [0.15, 0.2) is 23.2 Å². The Morgan fingerprint density at radius 1 is 1.33 bits per heavy atom. The first-order valence-electron chi connectivity index (χ1n) is 6.48. The number of fused-ring (bicyclic) bond motifs is 1. The number of rotatable bonds is 2. The summed E-state index contributed by atoms with van der Waals surface area (Å²) in [5.74, 6) is 1.75. The molecule has 96 valence electrons. The number of anilines is 1. The van der Waals surface area contributed by atoms with Crippen molar-refractivity contribution in [2.24, 2.45) is 5.92 Å². The summed E-state index contributed by atoms with van der Waals surface area (Å²) in [5, 5.41) is 3.55. The highest BCUT2D eigenvalue weighted by Gasteiger charge is 2.19. The van der Waals surface area contributed by atoms with E-state index in [-0.39, 0.29) is 0 Å². The van der Waals surface area contributed by atoms with Crippen LogP contribution in [-0.2, 0) is 0 Å². The van der Waals surface area contributed by atoms with E-state index in [1.807, 2.05) is 16.8 Å². The number of imidazole rings is 1. The zero-order valence-corrected chi connectivity index (χ0v) is 12.0. The third kappa shape index (κ3) is 2.36. The molecule has 0 spiro atoms. The van der Waals surface area contributed by atoms with E-state index >= 15 is 0 Å². The van der Waals surface area contributed by atoms with E-state index in [1.165, 1.54) is 25.7 Å². The molecular formula is C13H17BrN4. The Balaban J connectivity index is 1.83. The number of halogens is 1. The van der Waals surface area contributed by atoms with Gasteiger partial charge in [0.15, 0.2) is 11.5 Å². The second-order valence-electron chi connectivity index (χ2n) is 5.17. The van der Waals surface area contributed by atoms with Gasteiger partial charge in [-0.1, -0.05) is 6.92 Å². The average molecular weight is 309 g/mol. The average Bonchev–Trinajstić information content (AvgIpc) is 2.80. The molecule has 1 aliphatic rings. The van der Waals surface area contributed by atoms with Crippen molar-refractivity contribution in [3.8, 4) is 0 Å². The van der Waals surface area contributed by atoms with Gasteiger partial charge in [-0.05, 0) is 47.5 Å². The van der Waals surface area contributed by atoms with Crippen molar-refractivity contribution in [3.05, 3.63) is 23.2 Å². The van der Waals surface area contributed by atoms with Crippen LogP contribution in [0.2, 0.25) is 0 Å². The topological polar surface area (TPSA) is 42.2 Å². The smallest absolute Gasteiger partial charge is 0.180 e. The zero-order chi connectivity index (χ0) is 12.5. The van der Waals surface area contributed by atoms with Gasteiger partial charge < -0.3 is 9.72 Å². The normalized spacial score (nSPS) is 24.3. The SMILES string of the molecule is CC1CCC(Nc2nc(Br)cn3ccnc23)CC1. The second-order valence-corrected chi connectivity index (χ2v) is 5.98. The lowest BCUT2D eigenvalue weighted by Crippen LogP contribution is -2.26. The molecule has 5 heteroatoms. The van der Waals surface area contributed by atoms with Crippen LogP contribution in [0.3, 0.4) is 0 Å².